The van der Waals surface area contributed by atoms with Gasteiger partial charge in [0, 0.05) is 17.1 Å². The van der Waals surface area contributed by atoms with Gasteiger partial charge in [0.2, 0.25) is 0 Å². The lowest BCUT2D eigenvalue weighted by molar-refractivity contribution is 0.867. The highest BCUT2D eigenvalue weighted by atomic mass is 14.9. The Bertz CT molecular complexity index is 487. The van der Waals surface area contributed by atoms with E-state index >= 15 is 0 Å². The van der Waals surface area contributed by atoms with Crippen LogP contribution in [0.25, 0.3) is 0 Å². The smallest absolute Gasteiger partial charge is 0.0404 e. The first-order valence-corrected chi connectivity index (χ1v) is 5.87. The topological polar surface area (TPSA) is 38.0 Å². The van der Waals surface area contributed by atoms with Crippen molar-refractivity contribution in [2.45, 2.75) is 19.8 Å². The van der Waals surface area contributed by atoms with Crippen molar-refractivity contribution in [2.75, 3.05) is 11.1 Å². The first-order chi connectivity index (χ1) is 8.15. The minimum Gasteiger partial charge on any atom is -0.399 e. The monoisotopic (exact) mass is 226 g/mol. The molecule has 0 fully saturated rings. The lowest BCUT2D eigenvalue weighted by Gasteiger charge is -2.09. The standard InChI is InChI=1S/C15H18N2/c1-11(2)12-6-8-14(9-7-12)17-15-5-3-4-13(16)10-15/h3-11,17H,16H2,1-2H3. The minimum absolute atomic E-state index is 0.566. The summed E-state index contributed by atoms with van der Waals surface area (Å²) in [4.78, 5) is 0. The number of nitrogens with two attached hydrogens (primary N) is 1. The van der Waals surface area contributed by atoms with Crippen molar-refractivity contribution < 1.29 is 0 Å². The molecule has 0 unspecified atom stereocenters. The Hall–Kier alpha value is -1.96. The highest BCUT2D eigenvalue weighted by molar-refractivity contribution is 5.63. The van der Waals surface area contributed by atoms with Crippen LogP contribution < -0.4 is 11.1 Å². The molecule has 0 heterocycles. The molecule has 17 heavy (non-hydrogen) atoms. The first kappa shape index (κ1) is 11.5. The normalized spacial score (nSPS) is 10.5. The van der Waals surface area contributed by atoms with Gasteiger partial charge in [-0.1, -0.05) is 32.0 Å². The maximum atomic E-state index is 5.74. The lowest BCUT2D eigenvalue weighted by Crippen LogP contribution is -1.93. The average Bonchev–Trinajstić information content (AvgIpc) is 2.29. The summed E-state index contributed by atoms with van der Waals surface area (Å²) < 4.78 is 0. The summed E-state index contributed by atoms with van der Waals surface area (Å²) in [5.41, 5.74) is 9.96. The van der Waals surface area contributed by atoms with E-state index in [0.29, 0.717) is 5.92 Å². The van der Waals surface area contributed by atoms with Gasteiger partial charge in [0.05, 0.1) is 0 Å². The number of nitrogen functional groups attached to an aromatic ring is 1. The van der Waals surface area contributed by atoms with Gasteiger partial charge in [-0.05, 0) is 41.8 Å². The maximum absolute atomic E-state index is 5.74. The fourth-order valence-corrected chi connectivity index (χ4v) is 1.73. The van der Waals surface area contributed by atoms with Crippen LogP contribution >= 0.6 is 0 Å². The summed E-state index contributed by atoms with van der Waals surface area (Å²) in [6.07, 6.45) is 0. The van der Waals surface area contributed by atoms with E-state index in [9.17, 15) is 0 Å². The molecule has 2 aromatic carbocycles. The Labute approximate surface area is 102 Å². The van der Waals surface area contributed by atoms with E-state index in [1.54, 1.807) is 0 Å². The Morgan fingerprint density at radius 1 is 0.941 bits per heavy atom. The van der Waals surface area contributed by atoms with E-state index in [1.165, 1.54) is 5.56 Å². The predicted octanol–water partition coefficient (Wildman–Crippen LogP) is 4.14. The summed E-state index contributed by atoms with van der Waals surface area (Å²) in [7, 11) is 0. The Morgan fingerprint density at radius 2 is 1.65 bits per heavy atom. The van der Waals surface area contributed by atoms with Crippen LogP contribution in [0, 0.1) is 0 Å². The van der Waals surface area contributed by atoms with Crippen molar-refractivity contribution in [3.05, 3.63) is 54.1 Å². The van der Waals surface area contributed by atoms with Crippen LogP contribution in [0.3, 0.4) is 0 Å². The zero-order chi connectivity index (χ0) is 12.3. The predicted molar refractivity (Wildman–Crippen MR) is 74.7 cm³/mol. The third kappa shape index (κ3) is 3.00. The van der Waals surface area contributed by atoms with Crippen LogP contribution in [0.1, 0.15) is 25.3 Å². The molecule has 0 aromatic heterocycles. The van der Waals surface area contributed by atoms with Gasteiger partial charge in [-0.2, -0.15) is 0 Å². The van der Waals surface area contributed by atoms with Crippen molar-refractivity contribution in [1.29, 1.82) is 0 Å². The van der Waals surface area contributed by atoms with Crippen LogP contribution in [-0.2, 0) is 0 Å². The van der Waals surface area contributed by atoms with Gasteiger partial charge in [0.15, 0.2) is 0 Å². The van der Waals surface area contributed by atoms with E-state index < -0.39 is 0 Å². The zero-order valence-electron chi connectivity index (χ0n) is 10.3. The van der Waals surface area contributed by atoms with Gasteiger partial charge < -0.3 is 11.1 Å². The second kappa shape index (κ2) is 4.91. The fraction of sp³-hybridized carbons (Fsp3) is 0.200. The third-order valence-corrected chi connectivity index (χ3v) is 2.75. The van der Waals surface area contributed by atoms with Gasteiger partial charge in [0.25, 0.3) is 0 Å². The molecule has 2 heteroatoms. The van der Waals surface area contributed by atoms with Gasteiger partial charge in [0.1, 0.15) is 0 Å². The molecule has 88 valence electrons. The molecule has 0 radical (unpaired) electrons. The van der Waals surface area contributed by atoms with Crippen molar-refractivity contribution in [3.8, 4) is 0 Å². The summed E-state index contributed by atoms with van der Waals surface area (Å²) >= 11 is 0. The second-order valence-electron chi connectivity index (χ2n) is 4.53. The largest absolute Gasteiger partial charge is 0.399 e. The van der Waals surface area contributed by atoms with Crippen LogP contribution in [0.2, 0.25) is 0 Å². The average molecular weight is 226 g/mol. The van der Waals surface area contributed by atoms with E-state index in [0.717, 1.165) is 17.1 Å². The molecule has 0 bridgehead atoms. The van der Waals surface area contributed by atoms with Crippen molar-refractivity contribution in [3.63, 3.8) is 0 Å². The minimum atomic E-state index is 0.566. The van der Waals surface area contributed by atoms with Gasteiger partial charge in [-0.25, -0.2) is 0 Å². The van der Waals surface area contributed by atoms with E-state index in [-0.39, 0.29) is 0 Å². The Balaban J connectivity index is 2.14. The number of anilines is 3. The van der Waals surface area contributed by atoms with Gasteiger partial charge in [-0.3, -0.25) is 0 Å². The highest BCUT2D eigenvalue weighted by Gasteiger charge is 1.99. The number of benzene rings is 2. The molecule has 0 aliphatic rings. The van der Waals surface area contributed by atoms with E-state index in [1.807, 2.05) is 24.3 Å². The van der Waals surface area contributed by atoms with Crippen molar-refractivity contribution in [1.82, 2.24) is 0 Å². The molecule has 0 saturated heterocycles. The lowest BCUT2D eigenvalue weighted by atomic mass is 10.0. The first-order valence-electron chi connectivity index (χ1n) is 5.87. The second-order valence-corrected chi connectivity index (χ2v) is 4.53. The Morgan fingerprint density at radius 3 is 2.24 bits per heavy atom. The number of rotatable bonds is 3. The molecule has 0 spiro atoms. The molecule has 2 nitrogen and oxygen atoms in total. The number of hydrogen-bond donors (Lipinski definition) is 2. The van der Waals surface area contributed by atoms with E-state index in [4.69, 9.17) is 5.73 Å². The number of nitrogens with one attached hydrogen (secondary N) is 1. The van der Waals surface area contributed by atoms with E-state index in [2.05, 4.69) is 43.4 Å². The fourth-order valence-electron chi connectivity index (χ4n) is 1.73. The summed E-state index contributed by atoms with van der Waals surface area (Å²) in [6, 6.07) is 16.3. The molecule has 0 aliphatic heterocycles. The van der Waals surface area contributed by atoms with Crippen LogP contribution in [-0.4, -0.2) is 0 Å². The summed E-state index contributed by atoms with van der Waals surface area (Å²) in [5.74, 6) is 0.566. The molecule has 0 saturated carbocycles. The van der Waals surface area contributed by atoms with Crippen LogP contribution in [0.5, 0.6) is 0 Å². The molecular formula is C15H18N2. The van der Waals surface area contributed by atoms with Crippen LogP contribution in [0.15, 0.2) is 48.5 Å². The quantitative estimate of drug-likeness (QED) is 0.772. The van der Waals surface area contributed by atoms with Crippen LogP contribution in [0.4, 0.5) is 17.1 Å². The molecule has 2 rings (SSSR count). The third-order valence-electron chi connectivity index (χ3n) is 2.75. The highest BCUT2D eigenvalue weighted by Crippen LogP contribution is 2.21. The molecule has 0 amide bonds. The summed E-state index contributed by atoms with van der Waals surface area (Å²) in [6.45, 7) is 4.39. The molecule has 0 aliphatic carbocycles. The Kier molecular flexibility index (Phi) is 3.33. The van der Waals surface area contributed by atoms with Gasteiger partial charge in [-0.15, -0.1) is 0 Å². The van der Waals surface area contributed by atoms with Crippen molar-refractivity contribution >= 4 is 17.1 Å². The summed E-state index contributed by atoms with van der Waals surface area (Å²) in [5, 5.41) is 3.33. The van der Waals surface area contributed by atoms with Crippen molar-refractivity contribution in [2.24, 2.45) is 0 Å². The maximum Gasteiger partial charge on any atom is 0.0404 e. The molecular weight excluding hydrogens is 208 g/mol. The molecule has 2 aromatic rings. The molecule has 0 atom stereocenters. The zero-order valence-corrected chi connectivity index (χ0v) is 10.3. The SMILES string of the molecule is CC(C)c1ccc(Nc2cccc(N)c2)cc1. The molecule has 3 N–H and O–H groups in total. The number of hydrogen-bond acceptors (Lipinski definition) is 2. The van der Waals surface area contributed by atoms with Gasteiger partial charge >= 0.3 is 0 Å².